The van der Waals surface area contributed by atoms with Crippen LogP contribution in [0.5, 0.6) is 0 Å². The van der Waals surface area contributed by atoms with Gasteiger partial charge in [0.2, 0.25) is 0 Å². The van der Waals surface area contributed by atoms with Crippen molar-refractivity contribution in [1.82, 2.24) is 19.5 Å². The number of nitrogen functional groups attached to an aromatic ring is 1. The molecule has 1 fully saturated rings. The van der Waals surface area contributed by atoms with E-state index >= 15 is 0 Å². The van der Waals surface area contributed by atoms with Crippen LogP contribution in [0, 0.1) is 0 Å². The van der Waals surface area contributed by atoms with E-state index in [0.29, 0.717) is 13.1 Å². The molecule has 21 heavy (non-hydrogen) atoms. The Kier molecular flexibility index (Phi) is 5.38. The number of ether oxygens (including phenoxy) is 1. The number of hydrogen-bond acceptors (Lipinski definition) is 7. The zero-order chi connectivity index (χ0) is 15.4. The van der Waals surface area contributed by atoms with Gasteiger partial charge < -0.3 is 15.8 Å². The van der Waals surface area contributed by atoms with Crippen LogP contribution in [0.15, 0.2) is 17.1 Å². The normalized spacial score (nSPS) is 23.3. The van der Waals surface area contributed by atoms with E-state index in [2.05, 4.69) is 10.3 Å². The van der Waals surface area contributed by atoms with Crippen LogP contribution in [0.1, 0.15) is 6.23 Å². The van der Waals surface area contributed by atoms with Gasteiger partial charge in [-0.05, 0) is 10.6 Å². The summed E-state index contributed by atoms with van der Waals surface area (Å²) >= 11 is 0. The summed E-state index contributed by atoms with van der Waals surface area (Å²) in [7, 11) is 1.47. The van der Waals surface area contributed by atoms with Gasteiger partial charge in [-0.25, -0.2) is 4.79 Å². The number of hydrogen-bond donors (Lipinski definition) is 2. The molecule has 1 aromatic rings. The number of rotatable bonds is 5. The van der Waals surface area contributed by atoms with Crippen molar-refractivity contribution in [3.63, 3.8) is 0 Å². The van der Waals surface area contributed by atoms with Gasteiger partial charge in [0.25, 0.3) is 0 Å². The first-order valence-corrected chi connectivity index (χ1v) is 7.58. The van der Waals surface area contributed by atoms with Crippen LogP contribution in [-0.2, 0) is 13.8 Å². The molecule has 10 heteroatoms. The Morgan fingerprint density at radius 2 is 2.38 bits per heavy atom. The fourth-order valence-electron chi connectivity index (χ4n) is 1.86. The van der Waals surface area contributed by atoms with Crippen molar-refractivity contribution in [3.8, 4) is 0 Å². The third kappa shape index (κ3) is 4.29. The maximum Gasteiger partial charge on any atom is 0.615 e. The number of morpholine rings is 1. The third-order valence-corrected chi connectivity index (χ3v) is 3.92. The number of nitrogens with two attached hydrogens (primary N) is 1. The lowest BCUT2D eigenvalue weighted by Gasteiger charge is -2.30. The molecule has 1 aromatic heterocycles. The summed E-state index contributed by atoms with van der Waals surface area (Å²) in [6.07, 6.45) is 0.748. The summed E-state index contributed by atoms with van der Waals surface area (Å²) in [4.78, 5) is 15.4. The molecule has 9 nitrogen and oxygen atoms in total. The lowest BCUT2D eigenvalue weighted by Crippen LogP contribution is -2.46. The highest BCUT2D eigenvalue weighted by molar-refractivity contribution is 7.36. The molecule has 116 valence electrons. The Morgan fingerprint density at radius 3 is 3.05 bits per heavy atom. The first-order valence-electron chi connectivity index (χ1n) is 6.45. The van der Waals surface area contributed by atoms with Crippen LogP contribution in [0.25, 0.3) is 0 Å². The Balaban J connectivity index is 1.97. The monoisotopic (exact) mass is 316 g/mol. The minimum absolute atomic E-state index is 0.169. The SMILES string of the molecule is CN(C)[P+](=O)OC[C@@H]1CNC[C@H](n2ccc(N)nc2=O)O1. The molecule has 3 N–H and O–H groups in total. The van der Waals surface area contributed by atoms with Crippen molar-refractivity contribution in [2.45, 2.75) is 12.3 Å². The van der Waals surface area contributed by atoms with Crippen molar-refractivity contribution in [3.05, 3.63) is 22.7 Å². The molecule has 3 atom stereocenters. The minimum atomic E-state index is -1.87. The second kappa shape index (κ2) is 7.06. The van der Waals surface area contributed by atoms with Gasteiger partial charge in [0.1, 0.15) is 18.5 Å². The third-order valence-electron chi connectivity index (χ3n) is 2.90. The zero-order valence-corrected chi connectivity index (χ0v) is 12.8. The summed E-state index contributed by atoms with van der Waals surface area (Å²) in [5.41, 5.74) is 4.99. The molecule has 0 bridgehead atoms. The summed E-state index contributed by atoms with van der Waals surface area (Å²) in [6.45, 7) is 1.21. The fourth-order valence-corrected chi connectivity index (χ4v) is 2.38. The van der Waals surface area contributed by atoms with Gasteiger partial charge >= 0.3 is 13.9 Å². The first-order chi connectivity index (χ1) is 9.97. The maximum atomic E-state index is 11.8. The Labute approximate surface area is 123 Å². The highest BCUT2D eigenvalue weighted by atomic mass is 31.1. The number of nitrogens with one attached hydrogen (secondary N) is 1. The number of aromatic nitrogens is 2. The molecule has 0 aromatic carbocycles. The van der Waals surface area contributed by atoms with Gasteiger partial charge in [0.15, 0.2) is 6.23 Å². The van der Waals surface area contributed by atoms with E-state index in [0.717, 1.165) is 0 Å². The van der Waals surface area contributed by atoms with E-state index < -0.39 is 20.1 Å². The van der Waals surface area contributed by atoms with Crippen LogP contribution < -0.4 is 16.7 Å². The quantitative estimate of drug-likeness (QED) is 0.702. The molecule has 0 spiro atoms. The van der Waals surface area contributed by atoms with Crippen molar-refractivity contribution in [2.24, 2.45) is 0 Å². The highest BCUT2D eigenvalue weighted by Crippen LogP contribution is 2.25. The Hall–Kier alpha value is -1.38. The van der Waals surface area contributed by atoms with Crippen LogP contribution in [-0.4, -0.2) is 54.1 Å². The molecule has 2 rings (SSSR count). The highest BCUT2D eigenvalue weighted by Gasteiger charge is 2.29. The molecule has 0 radical (unpaired) electrons. The smallest absolute Gasteiger partial charge is 0.383 e. The standard InChI is InChI=1S/C11H18N5O4P/c1-15(2)21(18)19-7-8-5-13-6-10(20-8)16-4-3-9(12)14-11(16)17/h3-4,8,10,13H,5-7H2,1-2H3,(H-,12,14,17)/p+1/t8-,10+/m0/s1. The molecule has 0 saturated carbocycles. The van der Waals surface area contributed by atoms with Gasteiger partial charge in [-0.15, -0.1) is 4.52 Å². The minimum Gasteiger partial charge on any atom is -0.383 e. The van der Waals surface area contributed by atoms with Gasteiger partial charge in [-0.3, -0.25) is 4.57 Å². The van der Waals surface area contributed by atoms with Gasteiger partial charge in [0.05, 0.1) is 0 Å². The topological polar surface area (TPSA) is 112 Å². The van der Waals surface area contributed by atoms with E-state index in [1.54, 1.807) is 20.3 Å². The average Bonchev–Trinajstić information content (AvgIpc) is 2.45. The largest absolute Gasteiger partial charge is 0.615 e. The lowest BCUT2D eigenvalue weighted by molar-refractivity contribution is -0.0928. The second-order valence-electron chi connectivity index (χ2n) is 4.79. The molecule has 1 aliphatic rings. The van der Waals surface area contributed by atoms with E-state index in [1.165, 1.54) is 15.3 Å². The van der Waals surface area contributed by atoms with E-state index in [4.69, 9.17) is 15.0 Å². The summed E-state index contributed by atoms with van der Waals surface area (Å²) in [5.74, 6) is 0.169. The van der Waals surface area contributed by atoms with Gasteiger partial charge in [-0.1, -0.05) is 4.67 Å². The van der Waals surface area contributed by atoms with Crippen LogP contribution in [0.2, 0.25) is 0 Å². The molecule has 0 aliphatic carbocycles. The fraction of sp³-hybridized carbons (Fsp3) is 0.636. The van der Waals surface area contributed by atoms with Crippen molar-refractivity contribution < 1.29 is 13.8 Å². The maximum absolute atomic E-state index is 11.8. The molecular weight excluding hydrogens is 297 g/mol. The summed E-state index contributed by atoms with van der Waals surface area (Å²) in [6, 6.07) is 1.54. The Morgan fingerprint density at radius 1 is 1.62 bits per heavy atom. The predicted molar refractivity (Wildman–Crippen MR) is 76.9 cm³/mol. The molecule has 1 unspecified atom stereocenters. The van der Waals surface area contributed by atoms with Crippen LogP contribution in [0.4, 0.5) is 5.82 Å². The van der Waals surface area contributed by atoms with E-state index in [-0.39, 0.29) is 18.5 Å². The molecule has 2 heterocycles. The molecule has 1 aliphatic heterocycles. The first kappa shape index (κ1) is 16.0. The lowest BCUT2D eigenvalue weighted by atomic mass is 10.3. The van der Waals surface area contributed by atoms with Crippen LogP contribution >= 0.6 is 8.18 Å². The molecule has 1 saturated heterocycles. The van der Waals surface area contributed by atoms with Crippen molar-refractivity contribution in [2.75, 3.05) is 39.5 Å². The van der Waals surface area contributed by atoms with E-state index in [1.807, 2.05) is 0 Å². The predicted octanol–water partition coefficient (Wildman–Crippen LogP) is -0.452. The van der Waals surface area contributed by atoms with Crippen LogP contribution in [0.3, 0.4) is 0 Å². The van der Waals surface area contributed by atoms with Gasteiger partial charge in [0, 0.05) is 33.4 Å². The molecule has 0 amide bonds. The average molecular weight is 316 g/mol. The van der Waals surface area contributed by atoms with Crippen molar-refractivity contribution >= 4 is 14.0 Å². The number of anilines is 1. The summed E-state index contributed by atoms with van der Waals surface area (Å²) in [5, 5.41) is 3.15. The van der Waals surface area contributed by atoms with Crippen molar-refractivity contribution in [1.29, 1.82) is 0 Å². The Bertz CT molecular complexity index is 564. The second-order valence-corrected chi connectivity index (χ2v) is 6.33. The summed E-state index contributed by atoms with van der Waals surface area (Å²) < 4.78 is 25.4. The zero-order valence-electron chi connectivity index (χ0n) is 11.9. The number of nitrogens with zero attached hydrogens (tertiary/aromatic N) is 3. The molecular formula is C11H19N5O4P+. The van der Waals surface area contributed by atoms with Gasteiger partial charge in [-0.2, -0.15) is 4.98 Å². The van der Waals surface area contributed by atoms with E-state index in [9.17, 15) is 9.36 Å².